The molecule has 0 spiro atoms. The van der Waals surface area contributed by atoms with E-state index in [-0.39, 0.29) is 28.5 Å². The van der Waals surface area contributed by atoms with Gasteiger partial charge in [0.25, 0.3) is 0 Å². The number of hydrogen-bond donors (Lipinski definition) is 0. The van der Waals surface area contributed by atoms with Crippen molar-refractivity contribution in [3.63, 3.8) is 0 Å². The molecule has 0 saturated heterocycles. The molecule has 3 heteroatoms. The lowest BCUT2D eigenvalue weighted by Gasteiger charge is -2.47. The second-order valence-electron chi connectivity index (χ2n) is 21.7. The van der Waals surface area contributed by atoms with Crippen molar-refractivity contribution in [2.75, 3.05) is 4.81 Å². The standard InChI is InChI=1S/C56H61BN2/c1-11-12-13-17-36-29-40-39-30-41-43(55(7,8)27-25-53(41,3)4)32-47(39)59(37-22-19-34(2)20-23-37)57-45-31-42-44(56(9,10)28-26-54(42,5)6)33-48(45)58-46-24-21-35-16-14-15-18-38(35)50(46)49(36)52(58)51(40)57/h14-16,18-24,29-33H,11-13,17,25-28H2,1-10H3. The third kappa shape index (κ3) is 5.18. The number of benzene rings is 6. The van der Waals surface area contributed by atoms with Crippen LogP contribution in [-0.4, -0.2) is 11.4 Å². The van der Waals surface area contributed by atoms with E-state index in [9.17, 15) is 0 Å². The third-order valence-corrected chi connectivity index (χ3v) is 16.0. The monoisotopic (exact) mass is 772 g/mol. The van der Waals surface area contributed by atoms with E-state index in [1.807, 2.05) is 0 Å². The van der Waals surface area contributed by atoms with E-state index in [0.29, 0.717) is 0 Å². The molecule has 6 aromatic carbocycles. The Kier molecular flexibility index (Phi) is 7.83. The second kappa shape index (κ2) is 12.4. The Hall–Kier alpha value is -4.76. The molecule has 0 fully saturated rings. The molecule has 0 atom stereocenters. The summed E-state index contributed by atoms with van der Waals surface area (Å²) in [6.07, 6.45) is 9.55. The van der Waals surface area contributed by atoms with Gasteiger partial charge in [-0.2, -0.15) is 0 Å². The van der Waals surface area contributed by atoms with Gasteiger partial charge in [0.05, 0.1) is 11.0 Å². The first-order valence-corrected chi connectivity index (χ1v) is 22.9. The molecule has 11 rings (SSSR count). The lowest BCUT2D eigenvalue weighted by atomic mass is 9.43. The summed E-state index contributed by atoms with van der Waals surface area (Å²) in [4.78, 5) is 2.79. The van der Waals surface area contributed by atoms with Gasteiger partial charge >= 0.3 is 6.85 Å². The van der Waals surface area contributed by atoms with Crippen molar-refractivity contribution in [1.29, 1.82) is 0 Å². The van der Waals surface area contributed by atoms with Crippen molar-refractivity contribution >= 4 is 61.7 Å². The lowest BCUT2D eigenvalue weighted by Crippen LogP contribution is -2.61. The topological polar surface area (TPSA) is 8.17 Å². The van der Waals surface area contributed by atoms with E-state index in [2.05, 4.69) is 170 Å². The smallest absolute Gasteiger partial charge is 0.333 e. The van der Waals surface area contributed by atoms with E-state index in [0.717, 1.165) is 6.42 Å². The maximum Gasteiger partial charge on any atom is 0.333 e. The average Bonchev–Trinajstić information content (AvgIpc) is 3.57. The van der Waals surface area contributed by atoms with Crippen LogP contribution in [0.5, 0.6) is 0 Å². The maximum atomic E-state index is 2.79. The zero-order chi connectivity index (χ0) is 41.0. The van der Waals surface area contributed by atoms with Crippen LogP contribution < -0.4 is 15.7 Å². The molecule has 298 valence electrons. The molecule has 2 aliphatic carbocycles. The normalized spacial score (nSPS) is 18.8. The minimum absolute atomic E-state index is 0.0226. The molecule has 2 aliphatic heterocycles. The minimum atomic E-state index is 0.0226. The molecule has 1 aromatic heterocycles. The summed E-state index contributed by atoms with van der Waals surface area (Å²) in [6, 6.07) is 36.8. The Labute approximate surface area is 353 Å². The summed E-state index contributed by atoms with van der Waals surface area (Å²) in [5.41, 5.74) is 21.9. The Morgan fingerprint density at radius 3 is 1.86 bits per heavy atom. The van der Waals surface area contributed by atoms with Crippen LogP contribution in [0.1, 0.15) is 141 Å². The molecule has 0 bridgehead atoms. The highest BCUT2D eigenvalue weighted by molar-refractivity contribution is 6.93. The van der Waals surface area contributed by atoms with Gasteiger partial charge in [-0.3, -0.25) is 0 Å². The highest BCUT2D eigenvalue weighted by Gasteiger charge is 2.48. The van der Waals surface area contributed by atoms with Gasteiger partial charge in [-0.25, -0.2) is 0 Å². The fraction of sp³-hybridized carbons (Fsp3) is 0.393. The molecule has 0 saturated carbocycles. The predicted molar refractivity (Wildman–Crippen MR) is 256 cm³/mol. The van der Waals surface area contributed by atoms with E-state index in [4.69, 9.17) is 0 Å². The molecule has 0 amide bonds. The number of rotatable bonds is 5. The van der Waals surface area contributed by atoms with Gasteiger partial charge < -0.3 is 9.38 Å². The third-order valence-electron chi connectivity index (χ3n) is 16.0. The highest BCUT2D eigenvalue weighted by atomic mass is 15.1. The molecular weight excluding hydrogens is 711 g/mol. The van der Waals surface area contributed by atoms with Crippen LogP contribution in [-0.2, 0) is 28.1 Å². The number of fused-ring (bicyclic) bond motifs is 12. The quantitative estimate of drug-likeness (QED) is 0.125. The maximum absolute atomic E-state index is 2.79. The molecule has 59 heavy (non-hydrogen) atoms. The fourth-order valence-electron chi connectivity index (χ4n) is 12.2. The molecule has 0 N–H and O–H groups in total. The van der Waals surface area contributed by atoms with Gasteiger partial charge in [0.1, 0.15) is 0 Å². The molecular formula is C56H61BN2. The SMILES string of the molecule is CCCCCc1cc2c3c4c1c1c5ccccc5ccc1n4-c1cc4c(cc1B3N(c1ccc(C)cc1)c1cc3c(cc1-2)C(C)(C)CCC3(C)C)C(C)(C)CCC4(C)C. The molecule has 7 aromatic rings. The van der Waals surface area contributed by atoms with Gasteiger partial charge in [0.15, 0.2) is 0 Å². The number of hydrogen-bond acceptors (Lipinski definition) is 1. The van der Waals surface area contributed by atoms with Crippen LogP contribution in [0.15, 0.2) is 91.0 Å². The van der Waals surface area contributed by atoms with Crippen LogP contribution >= 0.6 is 0 Å². The summed E-state index contributed by atoms with van der Waals surface area (Å²) in [5, 5.41) is 5.60. The first-order chi connectivity index (χ1) is 28.1. The van der Waals surface area contributed by atoms with Crippen LogP contribution in [0.25, 0.3) is 49.4 Å². The van der Waals surface area contributed by atoms with Gasteiger partial charge in [-0.05, 0) is 159 Å². The van der Waals surface area contributed by atoms with E-state index in [1.165, 1.54) is 150 Å². The number of unbranched alkanes of at least 4 members (excludes halogenated alkanes) is 2. The summed E-state index contributed by atoms with van der Waals surface area (Å²) in [5.74, 6) is 0. The van der Waals surface area contributed by atoms with Crippen LogP contribution in [0.3, 0.4) is 0 Å². The average molecular weight is 773 g/mol. The van der Waals surface area contributed by atoms with Crippen molar-refractivity contribution in [2.45, 2.75) is 142 Å². The van der Waals surface area contributed by atoms with Gasteiger partial charge in [0, 0.05) is 33.4 Å². The molecule has 0 unspecified atom stereocenters. The van der Waals surface area contributed by atoms with Gasteiger partial charge in [-0.15, -0.1) is 0 Å². The Morgan fingerprint density at radius 1 is 0.593 bits per heavy atom. The summed E-state index contributed by atoms with van der Waals surface area (Å²) in [7, 11) is 0. The molecule has 3 heterocycles. The van der Waals surface area contributed by atoms with Crippen LogP contribution in [0, 0.1) is 6.92 Å². The minimum Gasteiger partial charge on any atom is -0.376 e. The van der Waals surface area contributed by atoms with Crippen molar-refractivity contribution in [3.8, 4) is 16.8 Å². The largest absolute Gasteiger partial charge is 0.376 e. The fourth-order valence-corrected chi connectivity index (χ4v) is 12.2. The molecule has 0 radical (unpaired) electrons. The van der Waals surface area contributed by atoms with Crippen molar-refractivity contribution in [2.24, 2.45) is 0 Å². The van der Waals surface area contributed by atoms with Crippen molar-refractivity contribution < 1.29 is 0 Å². The summed E-state index contributed by atoms with van der Waals surface area (Å²) >= 11 is 0. The zero-order valence-corrected chi connectivity index (χ0v) is 37.3. The predicted octanol–water partition coefficient (Wildman–Crippen LogP) is 13.9. The summed E-state index contributed by atoms with van der Waals surface area (Å²) < 4.78 is 2.76. The number of nitrogens with zero attached hydrogens (tertiary/aromatic N) is 2. The van der Waals surface area contributed by atoms with Crippen molar-refractivity contribution in [3.05, 3.63) is 124 Å². The zero-order valence-electron chi connectivity index (χ0n) is 37.3. The lowest BCUT2D eigenvalue weighted by molar-refractivity contribution is 0.332. The highest BCUT2D eigenvalue weighted by Crippen LogP contribution is 2.54. The Bertz CT molecular complexity index is 2920. The first kappa shape index (κ1) is 37.3. The van der Waals surface area contributed by atoms with Crippen molar-refractivity contribution in [1.82, 2.24) is 4.57 Å². The number of aromatic nitrogens is 1. The molecule has 4 aliphatic rings. The first-order valence-electron chi connectivity index (χ1n) is 22.9. The van der Waals surface area contributed by atoms with E-state index >= 15 is 0 Å². The van der Waals surface area contributed by atoms with Crippen LogP contribution in [0.4, 0.5) is 11.4 Å². The summed E-state index contributed by atoms with van der Waals surface area (Å²) in [6.45, 7) is 24.5. The van der Waals surface area contributed by atoms with Crippen LogP contribution in [0.2, 0.25) is 0 Å². The number of aryl methyl sites for hydroxylation is 2. The Morgan fingerprint density at radius 2 is 1.20 bits per heavy atom. The van der Waals surface area contributed by atoms with Gasteiger partial charge in [0.2, 0.25) is 0 Å². The van der Waals surface area contributed by atoms with E-state index in [1.54, 1.807) is 0 Å². The molecule has 2 nitrogen and oxygen atoms in total. The van der Waals surface area contributed by atoms with Gasteiger partial charge in [-0.1, -0.05) is 135 Å². The Balaban J connectivity index is 1.37. The van der Waals surface area contributed by atoms with E-state index < -0.39 is 0 Å². The number of anilines is 2. The second-order valence-corrected chi connectivity index (χ2v) is 21.7.